The van der Waals surface area contributed by atoms with Crippen molar-refractivity contribution in [3.8, 4) is 5.69 Å². The fraction of sp³-hybridized carbons (Fsp3) is 0.143. The van der Waals surface area contributed by atoms with Crippen molar-refractivity contribution in [2.45, 2.75) is 0 Å². The molecule has 0 N–H and O–H groups in total. The van der Waals surface area contributed by atoms with E-state index >= 15 is 0 Å². The van der Waals surface area contributed by atoms with Gasteiger partial charge in [0.2, 0.25) is 0 Å². The summed E-state index contributed by atoms with van der Waals surface area (Å²) in [5, 5.41) is 11.2. The summed E-state index contributed by atoms with van der Waals surface area (Å²) in [5.41, 5.74) is -0.852. The van der Waals surface area contributed by atoms with Crippen LogP contribution in [0.2, 0.25) is 0 Å². The highest BCUT2D eigenvalue weighted by atomic mass is 19.1. The van der Waals surface area contributed by atoms with Crippen molar-refractivity contribution in [3.63, 3.8) is 0 Å². The van der Waals surface area contributed by atoms with Crippen molar-refractivity contribution in [3.05, 3.63) is 57.7 Å². The van der Waals surface area contributed by atoms with Crippen molar-refractivity contribution < 1.29 is 28.4 Å². The summed E-state index contributed by atoms with van der Waals surface area (Å²) in [6.45, 7) is 0. The molecular weight excluding hydrogens is 311 g/mol. The number of aromatic nitrogens is 1. The van der Waals surface area contributed by atoms with Crippen LogP contribution in [0, 0.1) is 15.9 Å². The Morgan fingerprint density at radius 2 is 1.83 bits per heavy atom. The third-order valence-corrected chi connectivity index (χ3v) is 3.03. The topological polar surface area (TPSA) is 101 Å². The number of hydrogen-bond acceptors (Lipinski definition) is 6. The summed E-state index contributed by atoms with van der Waals surface area (Å²) >= 11 is 0. The normalized spacial score (nSPS) is 10.2. The smallest absolute Gasteiger partial charge is 0.355 e. The van der Waals surface area contributed by atoms with E-state index < -0.39 is 28.4 Å². The van der Waals surface area contributed by atoms with Crippen LogP contribution in [-0.2, 0) is 9.47 Å². The second-order valence-electron chi connectivity index (χ2n) is 4.36. The van der Waals surface area contributed by atoms with E-state index in [1.807, 2.05) is 0 Å². The minimum Gasteiger partial charge on any atom is -0.465 e. The number of carbonyl (C=O) groups is 2. The zero-order valence-corrected chi connectivity index (χ0v) is 12.1. The Kier molecular flexibility index (Phi) is 4.39. The Morgan fingerprint density at radius 3 is 2.39 bits per heavy atom. The number of nitrogens with zero attached hydrogens (tertiary/aromatic N) is 2. The van der Waals surface area contributed by atoms with Crippen LogP contribution in [0.15, 0.2) is 30.5 Å². The van der Waals surface area contributed by atoms with Crippen molar-refractivity contribution in [1.29, 1.82) is 0 Å². The average molecular weight is 322 g/mol. The summed E-state index contributed by atoms with van der Waals surface area (Å²) in [7, 11) is 2.24. The van der Waals surface area contributed by atoms with Gasteiger partial charge in [-0.15, -0.1) is 0 Å². The molecule has 0 aliphatic carbocycles. The molecule has 1 heterocycles. The quantitative estimate of drug-likeness (QED) is 0.485. The molecule has 0 aliphatic heterocycles. The first-order valence-corrected chi connectivity index (χ1v) is 6.22. The molecule has 0 spiro atoms. The number of benzene rings is 1. The molecule has 8 nitrogen and oxygen atoms in total. The third-order valence-electron chi connectivity index (χ3n) is 3.03. The number of carbonyl (C=O) groups excluding carboxylic acids is 2. The second-order valence-corrected chi connectivity index (χ2v) is 4.36. The zero-order chi connectivity index (χ0) is 17.1. The molecule has 0 saturated carbocycles. The monoisotopic (exact) mass is 322 g/mol. The molecule has 0 atom stereocenters. The molecule has 0 aliphatic rings. The van der Waals surface area contributed by atoms with Gasteiger partial charge >= 0.3 is 11.9 Å². The van der Waals surface area contributed by atoms with Crippen LogP contribution >= 0.6 is 0 Å². The standard InChI is InChI=1S/C14H11FN2O6/c1-22-13(18)8-3-4-10(11(5-8)17(20)21)16-7-9(15)6-12(16)14(19)23-2/h3-7H,1-2H3. The predicted octanol–water partition coefficient (Wildman–Crippen LogP) is 2.10. The second kappa shape index (κ2) is 6.26. The highest BCUT2D eigenvalue weighted by Crippen LogP contribution is 2.27. The van der Waals surface area contributed by atoms with Gasteiger partial charge in [-0.25, -0.2) is 14.0 Å². The maximum absolute atomic E-state index is 13.5. The first-order valence-electron chi connectivity index (χ1n) is 6.22. The van der Waals surface area contributed by atoms with Gasteiger partial charge in [-0.2, -0.15) is 0 Å². The number of rotatable bonds is 4. The van der Waals surface area contributed by atoms with Gasteiger partial charge < -0.3 is 14.0 Å². The summed E-state index contributed by atoms with van der Waals surface area (Å²) in [4.78, 5) is 33.6. The van der Waals surface area contributed by atoms with Gasteiger partial charge in [0.1, 0.15) is 17.2 Å². The molecule has 0 unspecified atom stereocenters. The van der Waals surface area contributed by atoms with Crippen LogP contribution in [0.5, 0.6) is 0 Å². The van der Waals surface area contributed by atoms with E-state index in [1.165, 1.54) is 12.1 Å². The van der Waals surface area contributed by atoms with E-state index in [1.54, 1.807) is 0 Å². The van der Waals surface area contributed by atoms with Crippen LogP contribution in [0.3, 0.4) is 0 Å². The van der Waals surface area contributed by atoms with Crippen LogP contribution in [-0.4, -0.2) is 35.6 Å². The molecule has 9 heteroatoms. The van der Waals surface area contributed by atoms with Gasteiger partial charge in [-0.05, 0) is 12.1 Å². The Bertz CT molecular complexity index is 799. The molecule has 120 valence electrons. The first kappa shape index (κ1) is 16.1. The lowest BCUT2D eigenvalue weighted by atomic mass is 10.1. The number of methoxy groups -OCH3 is 2. The molecule has 2 aromatic rings. The van der Waals surface area contributed by atoms with E-state index in [0.29, 0.717) is 0 Å². The number of nitro benzene ring substituents is 1. The van der Waals surface area contributed by atoms with Crippen molar-refractivity contribution in [1.82, 2.24) is 4.57 Å². The number of ether oxygens (including phenoxy) is 2. The van der Waals surface area contributed by atoms with Crippen molar-refractivity contribution >= 4 is 17.6 Å². The molecule has 23 heavy (non-hydrogen) atoms. The van der Waals surface area contributed by atoms with E-state index in [0.717, 1.165) is 37.1 Å². The van der Waals surface area contributed by atoms with Crippen molar-refractivity contribution in [2.75, 3.05) is 14.2 Å². The molecule has 0 radical (unpaired) electrons. The van der Waals surface area contributed by atoms with Gasteiger partial charge in [0.05, 0.1) is 24.7 Å². The van der Waals surface area contributed by atoms with E-state index in [2.05, 4.69) is 9.47 Å². The third kappa shape index (κ3) is 3.03. The molecule has 0 amide bonds. The number of hydrogen-bond donors (Lipinski definition) is 0. The Balaban J connectivity index is 2.67. The molecular formula is C14H11FN2O6. The number of halogens is 1. The highest BCUT2D eigenvalue weighted by Gasteiger charge is 2.23. The van der Waals surface area contributed by atoms with E-state index in [9.17, 15) is 24.1 Å². The lowest BCUT2D eigenvalue weighted by molar-refractivity contribution is -0.384. The fourth-order valence-electron chi connectivity index (χ4n) is 2.01. The maximum atomic E-state index is 13.5. The minimum absolute atomic E-state index is 0.0461. The van der Waals surface area contributed by atoms with E-state index in [-0.39, 0.29) is 16.9 Å². The van der Waals surface area contributed by atoms with Crippen molar-refractivity contribution in [2.24, 2.45) is 0 Å². The SMILES string of the molecule is COC(=O)c1ccc(-n2cc(F)cc2C(=O)OC)c([N+](=O)[O-])c1. The molecule has 2 rings (SSSR count). The van der Waals surface area contributed by atoms with Crippen LogP contribution in [0.25, 0.3) is 5.69 Å². The Hall–Kier alpha value is -3.23. The fourth-order valence-corrected chi connectivity index (χ4v) is 2.01. The first-order chi connectivity index (χ1) is 10.9. The maximum Gasteiger partial charge on any atom is 0.355 e. The Labute approximate surface area is 129 Å². The summed E-state index contributed by atoms with van der Waals surface area (Å²) in [6.07, 6.45) is 0.909. The van der Waals surface area contributed by atoms with Gasteiger partial charge in [-0.3, -0.25) is 10.1 Å². The number of esters is 2. The molecule has 1 aromatic heterocycles. The van der Waals surface area contributed by atoms with E-state index in [4.69, 9.17) is 0 Å². The predicted molar refractivity (Wildman–Crippen MR) is 75.1 cm³/mol. The molecule has 0 saturated heterocycles. The average Bonchev–Trinajstić information content (AvgIpc) is 2.94. The van der Waals surface area contributed by atoms with Crippen LogP contribution < -0.4 is 0 Å². The summed E-state index contributed by atoms with van der Waals surface area (Å²) in [5.74, 6) is -2.39. The van der Waals surface area contributed by atoms with Crippen LogP contribution in [0.4, 0.5) is 10.1 Å². The van der Waals surface area contributed by atoms with Crippen LogP contribution in [0.1, 0.15) is 20.8 Å². The molecule has 1 aromatic carbocycles. The van der Waals surface area contributed by atoms with Gasteiger partial charge in [0.25, 0.3) is 5.69 Å². The van der Waals surface area contributed by atoms with Gasteiger partial charge in [0, 0.05) is 18.3 Å². The molecule has 0 bridgehead atoms. The number of nitro groups is 1. The minimum atomic E-state index is -0.861. The lowest BCUT2D eigenvalue weighted by Crippen LogP contribution is -2.11. The summed E-state index contributed by atoms with van der Waals surface area (Å²) < 4.78 is 23.5. The zero-order valence-electron chi connectivity index (χ0n) is 12.1. The summed E-state index contributed by atoms with van der Waals surface area (Å²) in [6, 6.07) is 4.37. The lowest BCUT2D eigenvalue weighted by Gasteiger charge is -2.09. The van der Waals surface area contributed by atoms with Gasteiger partial charge in [-0.1, -0.05) is 0 Å². The molecule has 0 fully saturated rings. The largest absolute Gasteiger partial charge is 0.465 e. The highest BCUT2D eigenvalue weighted by molar-refractivity contribution is 5.91. The van der Waals surface area contributed by atoms with Gasteiger partial charge in [0.15, 0.2) is 0 Å². The Morgan fingerprint density at radius 1 is 1.17 bits per heavy atom.